The summed E-state index contributed by atoms with van der Waals surface area (Å²) in [6.45, 7) is 1.74. The normalized spacial score (nSPS) is 12.1. The zero-order valence-electron chi connectivity index (χ0n) is 12.6. The minimum atomic E-state index is -0.584. The van der Waals surface area contributed by atoms with Crippen LogP contribution in [-0.4, -0.2) is 27.4 Å². The smallest absolute Gasteiger partial charge is 0.255 e. The molecule has 1 aromatic carbocycles. The van der Waals surface area contributed by atoms with Gasteiger partial charge < -0.3 is 14.8 Å². The standard InChI is InChI=1S/C17H17N3O3/c1-12-5-2-3-6-15(12)20-10-13(9-18-20)17(22)19-14(11-21)16-7-4-8-23-16/h2-10,14,21H,11H2,1H3,(H,19,22). The first-order valence-corrected chi connectivity index (χ1v) is 7.25. The van der Waals surface area contributed by atoms with Crippen LogP contribution in [-0.2, 0) is 0 Å². The number of furan rings is 1. The molecule has 1 atom stereocenters. The molecule has 0 fully saturated rings. The first-order chi connectivity index (χ1) is 11.2. The number of hydrogen-bond acceptors (Lipinski definition) is 4. The van der Waals surface area contributed by atoms with Crippen molar-refractivity contribution in [2.24, 2.45) is 0 Å². The molecule has 6 nitrogen and oxygen atoms in total. The first-order valence-electron chi connectivity index (χ1n) is 7.25. The van der Waals surface area contributed by atoms with Gasteiger partial charge in [0.15, 0.2) is 0 Å². The summed E-state index contributed by atoms with van der Waals surface area (Å²) in [4.78, 5) is 12.3. The number of nitrogens with one attached hydrogen (secondary N) is 1. The summed E-state index contributed by atoms with van der Waals surface area (Å²) >= 11 is 0. The number of carbonyl (C=O) groups is 1. The second kappa shape index (κ2) is 6.50. The van der Waals surface area contributed by atoms with Crippen LogP contribution < -0.4 is 5.32 Å². The number of aliphatic hydroxyl groups excluding tert-OH is 1. The SMILES string of the molecule is Cc1ccccc1-n1cc(C(=O)NC(CO)c2ccco2)cn1. The van der Waals surface area contributed by atoms with E-state index in [-0.39, 0.29) is 12.5 Å². The molecule has 23 heavy (non-hydrogen) atoms. The topological polar surface area (TPSA) is 80.3 Å². The summed E-state index contributed by atoms with van der Waals surface area (Å²) in [7, 11) is 0. The summed E-state index contributed by atoms with van der Waals surface area (Å²) in [6, 6.07) is 10.6. The Morgan fingerprint density at radius 2 is 2.17 bits per heavy atom. The van der Waals surface area contributed by atoms with Crippen LogP contribution in [0.15, 0.2) is 59.5 Å². The summed E-state index contributed by atoms with van der Waals surface area (Å²) in [5, 5.41) is 16.4. The Bertz CT molecular complexity index is 793. The molecule has 6 heteroatoms. The quantitative estimate of drug-likeness (QED) is 0.757. The Hall–Kier alpha value is -2.86. The van der Waals surface area contributed by atoms with E-state index in [0.717, 1.165) is 11.3 Å². The van der Waals surface area contributed by atoms with Crippen molar-refractivity contribution >= 4 is 5.91 Å². The molecule has 2 N–H and O–H groups in total. The maximum Gasteiger partial charge on any atom is 0.255 e. The van der Waals surface area contributed by atoms with Gasteiger partial charge in [-0.1, -0.05) is 18.2 Å². The Kier molecular flexibility index (Phi) is 4.25. The second-order valence-corrected chi connectivity index (χ2v) is 5.18. The molecule has 2 aromatic heterocycles. The van der Waals surface area contributed by atoms with E-state index in [1.807, 2.05) is 31.2 Å². The fraction of sp³-hybridized carbons (Fsp3) is 0.176. The predicted molar refractivity (Wildman–Crippen MR) is 84.3 cm³/mol. The van der Waals surface area contributed by atoms with Crippen molar-refractivity contribution in [3.8, 4) is 5.69 Å². The molecule has 0 aliphatic heterocycles. The van der Waals surface area contributed by atoms with Gasteiger partial charge >= 0.3 is 0 Å². The molecule has 0 bridgehead atoms. The van der Waals surface area contributed by atoms with E-state index in [0.29, 0.717) is 11.3 Å². The maximum absolute atomic E-state index is 12.3. The summed E-state index contributed by atoms with van der Waals surface area (Å²) < 4.78 is 6.88. The molecule has 0 aliphatic rings. The molecular weight excluding hydrogens is 294 g/mol. The lowest BCUT2D eigenvalue weighted by atomic mass is 10.2. The lowest BCUT2D eigenvalue weighted by Gasteiger charge is -2.12. The average molecular weight is 311 g/mol. The van der Waals surface area contributed by atoms with Crippen molar-refractivity contribution in [2.75, 3.05) is 6.61 Å². The highest BCUT2D eigenvalue weighted by molar-refractivity contribution is 5.94. The molecule has 1 unspecified atom stereocenters. The van der Waals surface area contributed by atoms with Crippen molar-refractivity contribution < 1.29 is 14.3 Å². The Balaban J connectivity index is 1.78. The molecule has 1 amide bonds. The van der Waals surface area contributed by atoms with Crippen molar-refractivity contribution in [1.29, 1.82) is 0 Å². The van der Waals surface area contributed by atoms with Crippen molar-refractivity contribution in [1.82, 2.24) is 15.1 Å². The molecule has 0 spiro atoms. The Morgan fingerprint density at radius 3 is 2.87 bits per heavy atom. The van der Waals surface area contributed by atoms with Crippen LogP contribution in [0.4, 0.5) is 0 Å². The largest absolute Gasteiger partial charge is 0.467 e. The number of benzene rings is 1. The highest BCUT2D eigenvalue weighted by Crippen LogP contribution is 2.15. The van der Waals surface area contributed by atoms with Gasteiger partial charge in [-0.2, -0.15) is 5.10 Å². The van der Waals surface area contributed by atoms with Crippen molar-refractivity contribution in [3.63, 3.8) is 0 Å². The molecule has 2 heterocycles. The van der Waals surface area contributed by atoms with Gasteiger partial charge in [-0.25, -0.2) is 4.68 Å². The van der Waals surface area contributed by atoms with E-state index >= 15 is 0 Å². The molecule has 3 aromatic rings. The van der Waals surface area contributed by atoms with Gasteiger partial charge in [-0.3, -0.25) is 4.79 Å². The number of carbonyl (C=O) groups excluding carboxylic acids is 1. The third-order valence-electron chi connectivity index (χ3n) is 3.58. The molecular formula is C17H17N3O3. The summed E-state index contributed by atoms with van der Waals surface area (Å²) in [6.07, 6.45) is 4.66. The van der Waals surface area contributed by atoms with E-state index in [1.54, 1.807) is 23.0 Å². The number of para-hydroxylation sites is 1. The van der Waals surface area contributed by atoms with Crippen LogP contribution in [0.1, 0.15) is 27.7 Å². The summed E-state index contributed by atoms with van der Waals surface area (Å²) in [5.41, 5.74) is 2.39. The van der Waals surface area contributed by atoms with Crippen LogP contribution in [0.3, 0.4) is 0 Å². The number of hydrogen-bond donors (Lipinski definition) is 2. The number of nitrogens with zero attached hydrogens (tertiary/aromatic N) is 2. The molecule has 0 aliphatic carbocycles. The predicted octanol–water partition coefficient (Wildman–Crippen LogP) is 2.24. The monoisotopic (exact) mass is 311 g/mol. The van der Waals surface area contributed by atoms with Crippen LogP contribution in [0.5, 0.6) is 0 Å². The number of rotatable bonds is 5. The van der Waals surface area contributed by atoms with E-state index in [2.05, 4.69) is 10.4 Å². The second-order valence-electron chi connectivity index (χ2n) is 5.18. The van der Waals surface area contributed by atoms with E-state index in [9.17, 15) is 9.90 Å². The Labute approximate surface area is 133 Å². The fourth-order valence-electron chi connectivity index (χ4n) is 2.33. The van der Waals surface area contributed by atoms with E-state index < -0.39 is 6.04 Å². The van der Waals surface area contributed by atoms with Gasteiger partial charge in [0.2, 0.25) is 0 Å². The number of amides is 1. The lowest BCUT2D eigenvalue weighted by Crippen LogP contribution is -2.30. The molecule has 0 saturated carbocycles. The minimum Gasteiger partial charge on any atom is -0.467 e. The number of aryl methyl sites for hydroxylation is 1. The first kappa shape index (κ1) is 15.1. The molecule has 0 saturated heterocycles. The maximum atomic E-state index is 12.3. The van der Waals surface area contributed by atoms with Crippen LogP contribution in [0.2, 0.25) is 0 Å². The highest BCUT2D eigenvalue weighted by Gasteiger charge is 2.18. The van der Waals surface area contributed by atoms with E-state index in [1.165, 1.54) is 12.5 Å². The average Bonchev–Trinajstić information content (AvgIpc) is 3.24. The van der Waals surface area contributed by atoms with Gasteiger partial charge in [0, 0.05) is 6.20 Å². The van der Waals surface area contributed by atoms with Crippen molar-refractivity contribution in [3.05, 3.63) is 71.9 Å². The van der Waals surface area contributed by atoms with Gasteiger partial charge in [0.05, 0.1) is 30.3 Å². The zero-order valence-corrected chi connectivity index (χ0v) is 12.6. The third-order valence-corrected chi connectivity index (χ3v) is 3.58. The van der Waals surface area contributed by atoms with Crippen LogP contribution >= 0.6 is 0 Å². The van der Waals surface area contributed by atoms with Gasteiger partial charge in [-0.15, -0.1) is 0 Å². The fourth-order valence-corrected chi connectivity index (χ4v) is 2.33. The van der Waals surface area contributed by atoms with E-state index in [4.69, 9.17) is 4.42 Å². The van der Waals surface area contributed by atoms with Gasteiger partial charge in [0.1, 0.15) is 11.8 Å². The van der Waals surface area contributed by atoms with Crippen LogP contribution in [0.25, 0.3) is 5.69 Å². The van der Waals surface area contributed by atoms with Gasteiger partial charge in [0.25, 0.3) is 5.91 Å². The molecule has 118 valence electrons. The number of aliphatic hydroxyl groups is 1. The van der Waals surface area contributed by atoms with Crippen molar-refractivity contribution in [2.45, 2.75) is 13.0 Å². The van der Waals surface area contributed by atoms with Gasteiger partial charge in [-0.05, 0) is 30.7 Å². The summed E-state index contributed by atoms with van der Waals surface area (Å²) in [5.74, 6) is 0.187. The third kappa shape index (κ3) is 3.17. The molecule has 0 radical (unpaired) electrons. The minimum absolute atomic E-state index is 0.245. The Morgan fingerprint density at radius 1 is 1.35 bits per heavy atom. The number of aromatic nitrogens is 2. The zero-order chi connectivity index (χ0) is 16.2. The van der Waals surface area contributed by atoms with Crippen LogP contribution in [0, 0.1) is 6.92 Å². The lowest BCUT2D eigenvalue weighted by molar-refractivity contribution is 0.0907. The highest BCUT2D eigenvalue weighted by atomic mass is 16.3. The molecule has 3 rings (SSSR count).